The van der Waals surface area contributed by atoms with E-state index in [2.05, 4.69) is 4.18 Å². The van der Waals surface area contributed by atoms with Crippen LogP contribution in [0.4, 0.5) is 17.6 Å². The van der Waals surface area contributed by atoms with E-state index in [4.69, 9.17) is 0 Å². The van der Waals surface area contributed by atoms with Gasteiger partial charge in [0.15, 0.2) is 0 Å². The van der Waals surface area contributed by atoms with Crippen LogP contribution < -0.4 is 0 Å². The van der Waals surface area contributed by atoms with Gasteiger partial charge < -0.3 is 0 Å². The minimum absolute atomic E-state index is 0.305. The molecule has 0 fully saturated rings. The molecule has 0 radical (unpaired) electrons. The van der Waals surface area contributed by atoms with Gasteiger partial charge in [0.2, 0.25) is 5.00 Å². The summed E-state index contributed by atoms with van der Waals surface area (Å²) < 4.78 is 72.8. The summed E-state index contributed by atoms with van der Waals surface area (Å²) in [6.45, 7) is 0.305. The summed E-state index contributed by atoms with van der Waals surface area (Å²) in [6.07, 6.45) is -6.98. The van der Waals surface area contributed by atoms with E-state index in [0.29, 0.717) is 14.0 Å². The summed E-state index contributed by atoms with van der Waals surface area (Å²) in [7, 11) is -4.22. The van der Waals surface area contributed by atoms with Gasteiger partial charge in [-0.05, 0) is 6.92 Å². The first-order chi connectivity index (χ1) is 5.52. The number of alkyl halides is 4. The minimum Gasteiger partial charge on any atom is -0.271 e. The molecule has 0 aliphatic rings. The van der Waals surface area contributed by atoms with Crippen molar-refractivity contribution in [1.82, 2.24) is 0 Å². The van der Waals surface area contributed by atoms with Gasteiger partial charge in [-0.1, -0.05) is 0 Å². The monoisotopic (exact) mass is 224 g/mol. The Labute approximate surface area is 72.8 Å². The van der Waals surface area contributed by atoms with Crippen LogP contribution in [0.25, 0.3) is 0 Å². The maximum absolute atomic E-state index is 12.9. The van der Waals surface area contributed by atoms with Crippen molar-refractivity contribution in [2.45, 2.75) is 24.5 Å². The van der Waals surface area contributed by atoms with E-state index in [1.54, 1.807) is 0 Å². The van der Waals surface area contributed by atoms with Crippen LogP contribution in [0, 0.1) is 0 Å². The Morgan fingerprint density at radius 1 is 1.23 bits per heavy atom. The molecule has 0 bridgehead atoms. The van der Waals surface area contributed by atoms with E-state index in [1.807, 2.05) is 0 Å². The van der Waals surface area contributed by atoms with Crippen LogP contribution >= 0.6 is 0 Å². The van der Waals surface area contributed by atoms with Gasteiger partial charge in [0.25, 0.3) is 0 Å². The molecule has 0 heterocycles. The molecular formula is C5H8F4O3S. The highest BCUT2D eigenvalue weighted by molar-refractivity contribution is 7.87. The SMILES string of the molecule is COS(=O)(=O)C(C)(F)CC(F)(F)F. The molecule has 0 spiro atoms. The molecule has 0 saturated carbocycles. The largest absolute Gasteiger partial charge is 0.393 e. The van der Waals surface area contributed by atoms with Gasteiger partial charge in [-0.15, -0.1) is 0 Å². The van der Waals surface area contributed by atoms with Crippen molar-refractivity contribution in [3.05, 3.63) is 0 Å². The smallest absolute Gasteiger partial charge is 0.271 e. The summed E-state index contributed by atoms with van der Waals surface area (Å²) >= 11 is 0. The van der Waals surface area contributed by atoms with E-state index in [0.717, 1.165) is 0 Å². The van der Waals surface area contributed by atoms with E-state index >= 15 is 0 Å². The molecule has 0 N–H and O–H groups in total. The fraction of sp³-hybridized carbons (Fsp3) is 1.00. The van der Waals surface area contributed by atoms with Gasteiger partial charge in [0, 0.05) is 0 Å². The van der Waals surface area contributed by atoms with E-state index in [1.165, 1.54) is 0 Å². The van der Waals surface area contributed by atoms with E-state index in [-0.39, 0.29) is 0 Å². The average Bonchev–Trinajstić information content (AvgIpc) is 1.81. The molecule has 0 aliphatic carbocycles. The minimum atomic E-state index is -4.89. The van der Waals surface area contributed by atoms with Crippen molar-refractivity contribution in [1.29, 1.82) is 0 Å². The first-order valence-electron chi connectivity index (χ1n) is 3.08. The highest BCUT2D eigenvalue weighted by Crippen LogP contribution is 2.34. The Morgan fingerprint density at radius 3 is 1.85 bits per heavy atom. The summed E-state index contributed by atoms with van der Waals surface area (Å²) in [5.74, 6) is 0. The second-order valence-electron chi connectivity index (χ2n) is 2.51. The van der Waals surface area contributed by atoms with Crippen LogP contribution in [0.1, 0.15) is 13.3 Å². The van der Waals surface area contributed by atoms with Gasteiger partial charge in [-0.3, -0.25) is 4.18 Å². The second kappa shape index (κ2) is 3.41. The van der Waals surface area contributed by atoms with Crippen LogP contribution in [0.2, 0.25) is 0 Å². The molecule has 0 aromatic rings. The van der Waals surface area contributed by atoms with Crippen LogP contribution in [-0.2, 0) is 14.3 Å². The summed E-state index contributed by atoms with van der Waals surface area (Å²) in [5.41, 5.74) is 0. The molecule has 3 nitrogen and oxygen atoms in total. The lowest BCUT2D eigenvalue weighted by Crippen LogP contribution is -2.36. The van der Waals surface area contributed by atoms with Gasteiger partial charge in [-0.25, -0.2) is 4.39 Å². The second-order valence-corrected chi connectivity index (χ2v) is 4.61. The maximum atomic E-state index is 12.9. The molecular weight excluding hydrogens is 216 g/mol. The molecule has 0 amide bonds. The Morgan fingerprint density at radius 2 is 1.62 bits per heavy atom. The van der Waals surface area contributed by atoms with Crippen molar-refractivity contribution in [2.75, 3.05) is 7.11 Å². The first kappa shape index (κ1) is 12.6. The molecule has 0 saturated heterocycles. The molecule has 0 aromatic carbocycles. The maximum Gasteiger partial charge on any atom is 0.393 e. The fourth-order valence-corrected chi connectivity index (χ4v) is 1.31. The van der Waals surface area contributed by atoms with Crippen molar-refractivity contribution >= 4 is 10.1 Å². The lowest BCUT2D eigenvalue weighted by molar-refractivity contribution is -0.150. The molecule has 8 heteroatoms. The highest BCUT2D eigenvalue weighted by atomic mass is 32.2. The Bertz CT molecular complexity index is 266. The van der Waals surface area contributed by atoms with E-state index in [9.17, 15) is 26.0 Å². The van der Waals surface area contributed by atoms with Crippen LogP contribution in [-0.4, -0.2) is 26.7 Å². The number of halogens is 4. The third-order valence-electron chi connectivity index (χ3n) is 1.26. The molecule has 1 unspecified atom stereocenters. The summed E-state index contributed by atoms with van der Waals surface area (Å²) in [4.78, 5) is 0. The molecule has 0 rings (SSSR count). The van der Waals surface area contributed by atoms with E-state index < -0.39 is 27.7 Å². The quantitative estimate of drug-likeness (QED) is 0.540. The van der Waals surface area contributed by atoms with Gasteiger partial charge in [-0.2, -0.15) is 21.6 Å². The number of rotatable bonds is 3. The van der Waals surface area contributed by atoms with Crippen molar-refractivity contribution in [3.63, 3.8) is 0 Å². The summed E-state index contributed by atoms with van der Waals surface area (Å²) in [6, 6.07) is 0. The Balaban J connectivity index is 4.80. The number of hydrogen-bond donors (Lipinski definition) is 0. The zero-order chi connectivity index (χ0) is 10.9. The predicted molar refractivity (Wildman–Crippen MR) is 36.1 cm³/mol. The zero-order valence-electron chi connectivity index (χ0n) is 6.85. The zero-order valence-corrected chi connectivity index (χ0v) is 7.67. The predicted octanol–water partition coefficient (Wildman–Crippen LogP) is 1.60. The Kier molecular flexibility index (Phi) is 3.31. The molecule has 0 aliphatic heterocycles. The highest BCUT2D eigenvalue weighted by Gasteiger charge is 2.49. The number of hydrogen-bond acceptors (Lipinski definition) is 3. The third-order valence-corrected chi connectivity index (χ3v) is 2.88. The lowest BCUT2D eigenvalue weighted by atomic mass is 10.3. The van der Waals surface area contributed by atoms with Crippen LogP contribution in [0.5, 0.6) is 0 Å². The van der Waals surface area contributed by atoms with Crippen molar-refractivity contribution in [3.8, 4) is 0 Å². The molecule has 80 valence electrons. The van der Waals surface area contributed by atoms with Crippen molar-refractivity contribution in [2.24, 2.45) is 0 Å². The van der Waals surface area contributed by atoms with Gasteiger partial charge in [0.1, 0.15) is 0 Å². The van der Waals surface area contributed by atoms with Gasteiger partial charge in [0.05, 0.1) is 13.5 Å². The standard InChI is InChI=1S/C5H8F4O3S/c1-4(6,3-5(7,8)9)13(10,11)12-2/h3H2,1-2H3. The summed E-state index contributed by atoms with van der Waals surface area (Å²) in [5, 5.41) is -3.44. The molecule has 0 aromatic heterocycles. The normalized spacial score (nSPS) is 18.3. The third kappa shape index (κ3) is 3.47. The van der Waals surface area contributed by atoms with Gasteiger partial charge >= 0.3 is 16.3 Å². The van der Waals surface area contributed by atoms with Crippen molar-refractivity contribution < 1.29 is 30.2 Å². The lowest BCUT2D eigenvalue weighted by Gasteiger charge is -2.20. The topological polar surface area (TPSA) is 43.4 Å². The molecule has 13 heavy (non-hydrogen) atoms. The first-order valence-corrected chi connectivity index (χ1v) is 4.48. The Hall–Kier alpha value is -0.370. The molecule has 1 atom stereocenters. The average molecular weight is 224 g/mol. The van der Waals surface area contributed by atoms with Crippen LogP contribution in [0.3, 0.4) is 0 Å². The van der Waals surface area contributed by atoms with Crippen LogP contribution in [0.15, 0.2) is 0 Å². The fourth-order valence-electron chi connectivity index (χ4n) is 0.620.